The maximum atomic E-state index is 6.33. The van der Waals surface area contributed by atoms with Crippen molar-refractivity contribution in [3.05, 3.63) is 28.8 Å². The molecule has 1 aliphatic rings. The van der Waals surface area contributed by atoms with Crippen LogP contribution in [0, 0.1) is 0 Å². The number of hydrogen-bond donors (Lipinski definition) is 1. The van der Waals surface area contributed by atoms with Crippen LogP contribution in [0.15, 0.2) is 18.2 Å². The zero-order chi connectivity index (χ0) is 13.0. The Hall–Kier alpha value is -0.730. The van der Waals surface area contributed by atoms with Crippen molar-refractivity contribution in [3.63, 3.8) is 0 Å². The highest BCUT2D eigenvalue weighted by atomic mass is 35.5. The molecule has 0 aromatic heterocycles. The minimum Gasteiger partial charge on any atom is -0.369 e. The van der Waals surface area contributed by atoms with E-state index in [4.69, 9.17) is 17.3 Å². The lowest BCUT2D eigenvalue weighted by Crippen LogP contribution is -2.32. The molecule has 18 heavy (non-hydrogen) atoms. The molecule has 100 valence electrons. The number of hydrogen-bond acceptors (Lipinski definition) is 2. The summed E-state index contributed by atoms with van der Waals surface area (Å²) < 4.78 is 0. The van der Waals surface area contributed by atoms with Gasteiger partial charge in [-0.15, -0.1) is 0 Å². The number of nitrogens with zero attached hydrogens (tertiary/aromatic N) is 1. The smallest absolute Gasteiger partial charge is 0.0459 e. The van der Waals surface area contributed by atoms with Gasteiger partial charge in [0.25, 0.3) is 0 Å². The maximum absolute atomic E-state index is 6.33. The summed E-state index contributed by atoms with van der Waals surface area (Å²) in [5.74, 6) is 0. The van der Waals surface area contributed by atoms with E-state index in [1.807, 2.05) is 0 Å². The minimum absolute atomic E-state index is 0.652. The molecule has 3 heteroatoms. The first kappa shape index (κ1) is 13.7. The molecule has 0 unspecified atom stereocenters. The van der Waals surface area contributed by atoms with E-state index < -0.39 is 0 Å². The largest absolute Gasteiger partial charge is 0.369 e. The first-order valence-corrected chi connectivity index (χ1v) is 7.39. The van der Waals surface area contributed by atoms with Crippen molar-refractivity contribution in [2.45, 2.75) is 45.1 Å². The average molecular weight is 267 g/mol. The molecule has 1 aliphatic carbocycles. The second-order valence-electron chi connectivity index (χ2n) is 5.04. The molecule has 0 radical (unpaired) electrons. The van der Waals surface area contributed by atoms with E-state index in [0.29, 0.717) is 12.6 Å². The Bertz CT molecular complexity index is 386. The second-order valence-corrected chi connectivity index (χ2v) is 5.45. The van der Waals surface area contributed by atoms with Crippen molar-refractivity contribution in [2.24, 2.45) is 5.73 Å². The Morgan fingerprint density at radius 3 is 2.61 bits per heavy atom. The van der Waals surface area contributed by atoms with Gasteiger partial charge in [0.1, 0.15) is 0 Å². The van der Waals surface area contributed by atoms with E-state index >= 15 is 0 Å². The van der Waals surface area contributed by atoms with Gasteiger partial charge in [-0.05, 0) is 50.4 Å². The summed E-state index contributed by atoms with van der Waals surface area (Å²) in [4.78, 5) is 2.49. The normalized spacial score (nSPS) is 16.2. The van der Waals surface area contributed by atoms with Crippen LogP contribution in [0.2, 0.25) is 5.02 Å². The van der Waals surface area contributed by atoms with Gasteiger partial charge in [-0.1, -0.05) is 30.5 Å². The fourth-order valence-electron chi connectivity index (χ4n) is 2.94. The number of anilines is 1. The highest BCUT2D eigenvalue weighted by Gasteiger charge is 2.21. The molecule has 0 heterocycles. The number of nitrogens with two attached hydrogens (primary N) is 1. The Balaban J connectivity index is 2.17. The highest BCUT2D eigenvalue weighted by Crippen LogP contribution is 2.30. The predicted octanol–water partition coefficient (Wildman–Crippen LogP) is 3.61. The fourth-order valence-corrected chi connectivity index (χ4v) is 3.21. The molecule has 1 aromatic rings. The first-order valence-electron chi connectivity index (χ1n) is 7.01. The van der Waals surface area contributed by atoms with Crippen LogP contribution in [-0.4, -0.2) is 19.1 Å². The Labute approximate surface area is 115 Å². The van der Waals surface area contributed by atoms with E-state index in [-0.39, 0.29) is 0 Å². The van der Waals surface area contributed by atoms with Crippen molar-refractivity contribution in [1.82, 2.24) is 0 Å². The van der Waals surface area contributed by atoms with Gasteiger partial charge in [-0.2, -0.15) is 0 Å². The third-order valence-electron chi connectivity index (χ3n) is 3.89. The summed E-state index contributed by atoms with van der Waals surface area (Å²) in [5, 5.41) is 0.856. The van der Waals surface area contributed by atoms with Crippen molar-refractivity contribution in [3.8, 4) is 0 Å². The number of benzene rings is 1. The van der Waals surface area contributed by atoms with Crippen LogP contribution in [0.4, 0.5) is 5.69 Å². The van der Waals surface area contributed by atoms with Crippen LogP contribution in [0.3, 0.4) is 0 Å². The lowest BCUT2D eigenvalue weighted by molar-refractivity contribution is 0.620. The van der Waals surface area contributed by atoms with Gasteiger partial charge in [0, 0.05) is 23.3 Å². The van der Waals surface area contributed by atoms with E-state index in [0.717, 1.165) is 23.6 Å². The van der Waals surface area contributed by atoms with Crippen molar-refractivity contribution < 1.29 is 0 Å². The Morgan fingerprint density at radius 2 is 2.06 bits per heavy atom. The van der Waals surface area contributed by atoms with Gasteiger partial charge < -0.3 is 10.6 Å². The van der Waals surface area contributed by atoms with Gasteiger partial charge in [-0.25, -0.2) is 0 Å². The zero-order valence-electron chi connectivity index (χ0n) is 11.2. The zero-order valence-corrected chi connectivity index (χ0v) is 11.9. The molecule has 1 fully saturated rings. The lowest BCUT2D eigenvalue weighted by Gasteiger charge is -2.30. The van der Waals surface area contributed by atoms with Crippen LogP contribution in [-0.2, 0) is 6.42 Å². The van der Waals surface area contributed by atoms with Crippen molar-refractivity contribution in [2.75, 3.05) is 18.0 Å². The molecular formula is C15H23ClN2. The lowest BCUT2D eigenvalue weighted by atomic mass is 10.1. The summed E-state index contributed by atoms with van der Waals surface area (Å²) in [6.45, 7) is 3.93. The van der Waals surface area contributed by atoms with Crippen molar-refractivity contribution >= 4 is 17.3 Å². The molecule has 0 bridgehead atoms. The van der Waals surface area contributed by atoms with Crippen LogP contribution >= 0.6 is 11.6 Å². The molecule has 0 spiro atoms. The SMILES string of the molecule is CCN(c1ccc(CCN)c(Cl)c1)C1CCCC1. The predicted molar refractivity (Wildman–Crippen MR) is 79.5 cm³/mol. The molecule has 1 aromatic carbocycles. The highest BCUT2D eigenvalue weighted by molar-refractivity contribution is 6.31. The summed E-state index contributed by atoms with van der Waals surface area (Å²) in [7, 11) is 0. The molecule has 2 nitrogen and oxygen atoms in total. The first-order chi connectivity index (χ1) is 8.76. The quantitative estimate of drug-likeness (QED) is 0.882. The van der Waals surface area contributed by atoms with Gasteiger partial charge >= 0.3 is 0 Å². The van der Waals surface area contributed by atoms with Gasteiger partial charge in [-0.3, -0.25) is 0 Å². The molecule has 0 aliphatic heterocycles. The van der Waals surface area contributed by atoms with E-state index in [2.05, 4.69) is 30.0 Å². The third kappa shape index (κ3) is 2.99. The third-order valence-corrected chi connectivity index (χ3v) is 4.24. The van der Waals surface area contributed by atoms with Gasteiger partial charge in [0.15, 0.2) is 0 Å². The number of halogens is 1. The number of rotatable bonds is 5. The molecule has 0 amide bonds. The van der Waals surface area contributed by atoms with Crippen LogP contribution in [0.1, 0.15) is 38.2 Å². The fraction of sp³-hybridized carbons (Fsp3) is 0.600. The maximum Gasteiger partial charge on any atom is 0.0459 e. The monoisotopic (exact) mass is 266 g/mol. The molecule has 1 saturated carbocycles. The van der Waals surface area contributed by atoms with E-state index in [1.165, 1.54) is 31.4 Å². The summed E-state index contributed by atoms with van der Waals surface area (Å²) in [5.41, 5.74) is 8.00. The van der Waals surface area contributed by atoms with Crippen molar-refractivity contribution in [1.29, 1.82) is 0 Å². The Morgan fingerprint density at radius 1 is 1.33 bits per heavy atom. The summed E-state index contributed by atoms with van der Waals surface area (Å²) in [6, 6.07) is 7.13. The molecular weight excluding hydrogens is 244 g/mol. The molecule has 0 atom stereocenters. The van der Waals surface area contributed by atoms with Crippen LogP contribution in [0.5, 0.6) is 0 Å². The Kier molecular flexibility index (Phi) is 4.90. The topological polar surface area (TPSA) is 29.3 Å². The van der Waals surface area contributed by atoms with E-state index in [9.17, 15) is 0 Å². The van der Waals surface area contributed by atoms with Gasteiger partial charge in [0.2, 0.25) is 0 Å². The van der Waals surface area contributed by atoms with Crippen LogP contribution in [0.25, 0.3) is 0 Å². The second kappa shape index (κ2) is 6.44. The molecule has 2 N–H and O–H groups in total. The minimum atomic E-state index is 0.652. The molecule has 0 saturated heterocycles. The summed E-state index contributed by atoms with van der Waals surface area (Å²) in [6.07, 6.45) is 6.21. The van der Waals surface area contributed by atoms with Crippen LogP contribution < -0.4 is 10.6 Å². The molecule has 2 rings (SSSR count). The van der Waals surface area contributed by atoms with E-state index in [1.54, 1.807) is 0 Å². The summed E-state index contributed by atoms with van der Waals surface area (Å²) >= 11 is 6.33. The average Bonchev–Trinajstić information content (AvgIpc) is 2.87. The van der Waals surface area contributed by atoms with Gasteiger partial charge in [0.05, 0.1) is 0 Å². The standard InChI is InChI=1S/C15H23ClN2/c1-2-18(13-5-3-4-6-13)14-8-7-12(9-10-17)15(16)11-14/h7-8,11,13H,2-6,9-10,17H2,1H3.